The number of hydrogen-bond acceptors (Lipinski definition) is 2. The van der Waals surface area contributed by atoms with Crippen LogP contribution in [0.15, 0.2) is 16.6 Å². The highest BCUT2D eigenvalue weighted by Gasteiger charge is 2.14. The van der Waals surface area contributed by atoms with Crippen molar-refractivity contribution in [3.63, 3.8) is 0 Å². The Balaban J connectivity index is 3.24. The highest BCUT2D eigenvalue weighted by Crippen LogP contribution is 2.35. The molecule has 0 radical (unpaired) electrons. The van der Waals surface area contributed by atoms with Crippen LogP contribution in [0.5, 0.6) is 5.75 Å². The third kappa shape index (κ3) is 2.41. The van der Waals surface area contributed by atoms with E-state index in [2.05, 4.69) is 22.9 Å². The van der Waals surface area contributed by atoms with Gasteiger partial charge in [0.2, 0.25) is 0 Å². The number of hydrogen-bond donors (Lipinski definition) is 1. The molecule has 1 atom stereocenters. The second-order valence-corrected chi connectivity index (χ2v) is 4.43. The maximum atomic E-state index is 5.91. The lowest BCUT2D eigenvalue weighted by molar-refractivity contribution is 0.406. The van der Waals surface area contributed by atoms with Crippen molar-refractivity contribution in [3.8, 4) is 5.75 Å². The number of ether oxygens (including phenoxy) is 1. The quantitative estimate of drug-likeness (QED) is 0.922. The highest BCUT2D eigenvalue weighted by atomic mass is 79.9. The van der Waals surface area contributed by atoms with Crippen LogP contribution in [0.3, 0.4) is 0 Å². The van der Waals surface area contributed by atoms with E-state index < -0.39 is 0 Å². The Kier molecular flexibility index (Phi) is 4.23. The van der Waals surface area contributed by atoms with Crippen molar-refractivity contribution >= 4 is 27.5 Å². The van der Waals surface area contributed by atoms with Crippen LogP contribution in [-0.2, 0) is 0 Å². The Morgan fingerprint density at radius 2 is 2.21 bits per heavy atom. The predicted octanol–water partition coefficient (Wildman–Crippen LogP) is 3.17. The van der Waals surface area contributed by atoms with Crippen LogP contribution in [0.25, 0.3) is 0 Å². The second kappa shape index (κ2) is 5.01. The first kappa shape index (κ1) is 11.8. The second-order valence-electron chi connectivity index (χ2n) is 3.14. The van der Waals surface area contributed by atoms with Gasteiger partial charge in [0, 0.05) is 15.1 Å². The topological polar surface area (TPSA) is 35.2 Å². The lowest BCUT2D eigenvalue weighted by Crippen LogP contribution is -2.10. The maximum Gasteiger partial charge on any atom is 0.124 e. The summed E-state index contributed by atoms with van der Waals surface area (Å²) in [6.45, 7) is 2.63. The lowest BCUT2D eigenvalue weighted by atomic mass is 10.0. The van der Waals surface area contributed by atoms with Crippen molar-refractivity contribution in [2.45, 2.75) is 12.8 Å². The summed E-state index contributed by atoms with van der Waals surface area (Å²) in [6.07, 6.45) is 0. The number of halogens is 2. The number of benzene rings is 1. The van der Waals surface area contributed by atoms with E-state index in [0.717, 1.165) is 15.8 Å². The van der Waals surface area contributed by atoms with E-state index in [0.29, 0.717) is 11.6 Å². The van der Waals surface area contributed by atoms with Gasteiger partial charge < -0.3 is 10.5 Å². The standard InChI is InChI=1S/C10H13BrClNO/c1-6(5-13)10-8(11)3-7(12)4-9(10)14-2/h3-4,6H,5,13H2,1-2H3. The molecule has 0 amide bonds. The van der Waals surface area contributed by atoms with Crippen LogP contribution in [0.4, 0.5) is 0 Å². The van der Waals surface area contributed by atoms with E-state index in [1.807, 2.05) is 6.07 Å². The first-order valence-electron chi connectivity index (χ1n) is 4.33. The summed E-state index contributed by atoms with van der Waals surface area (Å²) in [7, 11) is 1.63. The fraction of sp³-hybridized carbons (Fsp3) is 0.400. The van der Waals surface area contributed by atoms with Crippen LogP contribution < -0.4 is 10.5 Å². The molecule has 0 saturated heterocycles. The van der Waals surface area contributed by atoms with E-state index in [9.17, 15) is 0 Å². The minimum Gasteiger partial charge on any atom is -0.496 e. The van der Waals surface area contributed by atoms with Crippen molar-refractivity contribution in [2.75, 3.05) is 13.7 Å². The van der Waals surface area contributed by atoms with Gasteiger partial charge in [-0.3, -0.25) is 0 Å². The highest BCUT2D eigenvalue weighted by molar-refractivity contribution is 9.10. The molecule has 0 heterocycles. The zero-order valence-corrected chi connectivity index (χ0v) is 10.5. The molecule has 2 nitrogen and oxygen atoms in total. The van der Waals surface area contributed by atoms with Gasteiger partial charge in [-0.25, -0.2) is 0 Å². The normalized spacial score (nSPS) is 12.6. The molecule has 1 rings (SSSR count). The van der Waals surface area contributed by atoms with Gasteiger partial charge in [0.05, 0.1) is 7.11 Å². The van der Waals surface area contributed by atoms with Gasteiger partial charge in [-0.1, -0.05) is 34.5 Å². The molecule has 2 N–H and O–H groups in total. The number of nitrogens with two attached hydrogens (primary N) is 1. The summed E-state index contributed by atoms with van der Waals surface area (Å²) >= 11 is 9.37. The van der Waals surface area contributed by atoms with Crippen LogP contribution >= 0.6 is 27.5 Å². The largest absolute Gasteiger partial charge is 0.496 e. The summed E-state index contributed by atoms with van der Waals surface area (Å²) in [5.74, 6) is 1.03. The van der Waals surface area contributed by atoms with Crippen molar-refractivity contribution in [3.05, 3.63) is 27.2 Å². The van der Waals surface area contributed by atoms with Crippen LogP contribution in [0.1, 0.15) is 18.4 Å². The molecule has 1 unspecified atom stereocenters. The Hall–Kier alpha value is -0.250. The van der Waals surface area contributed by atoms with Crippen molar-refractivity contribution < 1.29 is 4.74 Å². The molecule has 4 heteroatoms. The van der Waals surface area contributed by atoms with Crippen LogP contribution in [0.2, 0.25) is 5.02 Å². The van der Waals surface area contributed by atoms with Gasteiger partial charge in [0.25, 0.3) is 0 Å². The average molecular weight is 279 g/mol. The monoisotopic (exact) mass is 277 g/mol. The molecular weight excluding hydrogens is 265 g/mol. The van der Waals surface area contributed by atoms with Crippen LogP contribution in [-0.4, -0.2) is 13.7 Å². The van der Waals surface area contributed by atoms with Gasteiger partial charge in [-0.2, -0.15) is 0 Å². The third-order valence-corrected chi connectivity index (χ3v) is 3.00. The van der Waals surface area contributed by atoms with Crippen molar-refractivity contribution in [2.24, 2.45) is 5.73 Å². The van der Waals surface area contributed by atoms with Crippen LogP contribution in [0, 0.1) is 0 Å². The van der Waals surface area contributed by atoms with Crippen molar-refractivity contribution in [1.29, 1.82) is 0 Å². The summed E-state index contributed by atoms with van der Waals surface area (Å²) < 4.78 is 6.20. The molecule has 78 valence electrons. The molecule has 0 saturated carbocycles. The first-order chi connectivity index (χ1) is 6.60. The fourth-order valence-corrected chi connectivity index (χ4v) is 2.50. The van der Waals surface area contributed by atoms with Gasteiger partial charge in [0.15, 0.2) is 0 Å². The molecule has 0 fully saturated rings. The summed E-state index contributed by atoms with van der Waals surface area (Å²) in [4.78, 5) is 0. The Bertz CT molecular complexity index is 330. The van der Waals surface area contributed by atoms with Gasteiger partial charge in [-0.05, 0) is 24.6 Å². The van der Waals surface area contributed by atoms with E-state index in [1.54, 1.807) is 13.2 Å². The molecule has 0 aromatic heterocycles. The van der Waals surface area contributed by atoms with Crippen molar-refractivity contribution in [1.82, 2.24) is 0 Å². The number of methoxy groups -OCH3 is 1. The molecule has 1 aromatic rings. The van der Waals surface area contributed by atoms with E-state index in [-0.39, 0.29) is 5.92 Å². The van der Waals surface area contributed by atoms with E-state index >= 15 is 0 Å². The zero-order valence-electron chi connectivity index (χ0n) is 8.18. The molecule has 14 heavy (non-hydrogen) atoms. The smallest absolute Gasteiger partial charge is 0.124 e. The van der Waals surface area contributed by atoms with Gasteiger partial charge in [-0.15, -0.1) is 0 Å². The number of rotatable bonds is 3. The minimum absolute atomic E-state index is 0.247. The Morgan fingerprint density at radius 1 is 1.57 bits per heavy atom. The summed E-state index contributed by atoms with van der Waals surface area (Å²) in [5, 5.41) is 0.654. The SMILES string of the molecule is COc1cc(Cl)cc(Br)c1C(C)CN. The van der Waals surface area contributed by atoms with E-state index in [1.165, 1.54) is 0 Å². The summed E-state index contributed by atoms with van der Waals surface area (Å²) in [6, 6.07) is 3.65. The molecule has 0 bridgehead atoms. The fourth-order valence-electron chi connectivity index (χ4n) is 1.33. The van der Waals surface area contributed by atoms with Gasteiger partial charge >= 0.3 is 0 Å². The molecule has 0 aliphatic heterocycles. The molecule has 0 aliphatic rings. The Morgan fingerprint density at radius 3 is 2.71 bits per heavy atom. The third-order valence-electron chi connectivity index (χ3n) is 2.12. The first-order valence-corrected chi connectivity index (χ1v) is 5.50. The molecule has 1 aromatic carbocycles. The summed E-state index contributed by atoms with van der Waals surface area (Å²) in [5.41, 5.74) is 6.69. The average Bonchev–Trinajstić information content (AvgIpc) is 2.15. The maximum absolute atomic E-state index is 5.91. The predicted molar refractivity (Wildman–Crippen MR) is 63.2 cm³/mol. The van der Waals surface area contributed by atoms with Gasteiger partial charge in [0.1, 0.15) is 5.75 Å². The molecule has 0 aliphatic carbocycles. The minimum atomic E-state index is 0.247. The molecular formula is C10H13BrClNO. The van der Waals surface area contributed by atoms with E-state index in [4.69, 9.17) is 22.1 Å². The Labute approximate surface area is 97.5 Å². The zero-order chi connectivity index (χ0) is 10.7. The molecule has 0 spiro atoms. The lowest BCUT2D eigenvalue weighted by Gasteiger charge is -2.16.